The van der Waals surface area contributed by atoms with Crippen molar-refractivity contribution in [3.63, 3.8) is 0 Å². The molecular weight excluding hydrogens is 235 g/mol. The zero-order valence-electron chi connectivity index (χ0n) is 10.1. The lowest BCUT2D eigenvalue weighted by Gasteiger charge is -2.22. The minimum absolute atomic E-state index is 0.270. The third-order valence-electron chi connectivity index (χ3n) is 2.56. The van der Waals surface area contributed by atoms with Crippen LogP contribution < -0.4 is 10.6 Å². The van der Waals surface area contributed by atoms with Crippen LogP contribution >= 0.6 is 0 Å². The van der Waals surface area contributed by atoms with Crippen molar-refractivity contribution in [1.82, 2.24) is 20.2 Å². The smallest absolute Gasteiger partial charge is 0.249 e. The Morgan fingerprint density at radius 1 is 1.33 bits per heavy atom. The molecule has 0 saturated carbocycles. The molecule has 6 nitrogen and oxygen atoms in total. The Morgan fingerprint density at radius 2 is 2.06 bits per heavy atom. The van der Waals surface area contributed by atoms with E-state index in [1.165, 1.54) is 12.1 Å². The lowest BCUT2D eigenvalue weighted by Crippen LogP contribution is -2.24. The molecule has 0 aliphatic carbocycles. The summed E-state index contributed by atoms with van der Waals surface area (Å²) in [5.74, 6) is 0.337. The van der Waals surface area contributed by atoms with E-state index in [9.17, 15) is 4.39 Å². The van der Waals surface area contributed by atoms with Crippen LogP contribution in [0, 0.1) is 5.82 Å². The van der Waals surface area contributed by atoms with Crippen LogP contribution in [0.5, 0.6) is 0 Å². The van der Waals surface area contributed by atoms with Gasteiger partial charge in [0.15, 0.2) is 0 Å². The minimum atomic E-state index is -0.270. The summed E-state index contributed by atoms with van der Waals surface area (Å²) < 4.78 is 14.5. The molecule has 0 bridgehead atoms. The van der Waals surface area contributed by atoms with Crippen molar-refractivity contribution in [2.45, 2.75) is 6.42 Å². The van der Waals surface area contributed by atoms with E-state index < -0.39 is 0 Å². The maximum Gasteiger partial charge on any atom is 0.249 e. The Balaban J connectivity index is 2.30. The normalized spacial score (nSPS) is 10.6. The molecule has 2 aromatic rings. The molecule has 0 amide bonds. The summed E-state index contributed by atoms with van der Waals surface area (Å²) in [4.78, 5) is 1.91. The molecular formula is C11H15FN6. The van der Waals surface area contributed by atoms with Crippen molar-refractivity contribution < 1.29 is 4.39 Å². The van der Waals surface area contributed by atoms with Crippen LogP contribution in [-0.2, 0) is 7.05 Å². The van der Waals surface area contributed by atoms with Gasteiger partial charge in [-0.1, -0.05) is 5.10 Å². The number of hydrogen-bond acceptors (Lipinski definition) is 5. The molecule has 0 fully saturated rings. The van der Waals surface area contributed by atoms with Gasteiger partial charge >= 0.3 is 0 Å². The highest BCUT2D eigenvalue weighted by Gasteiger charge is 2.14. The number of tetrazole rings is 1. The van der Waals surface area contributed by atoms with E-state index >= 15 is 0 Å². The van der Waals surface area contributed by atoms with Crippen LogP contribution in [0.1, 0.15) is 6.42 Å². The van der Waals surface area contributed by atoms with Gasteiger partial charge in [0.1, 0.15) is 5.82 Å². The highest BCUT2D eigenvalue weighted by molar-refractivity contribution is 5.56. The number of hydrogen-bond donors (Lipinski definition) is 1. The molecule has 0 radical (unpaired) electrons. The maximum absolute atomic E-state index is 12.9. The van der Waals surface area contributed by atoms with E-state index in [0.717, 1.165) is 12.1 Å². The second kappa shape index (κ2) is 5.54. The third-order valence-corrected chi connectivity index (χ3v) is 2.56. The SMILES string of the molecule is Cn1nnnc1N(CCCN)c1ccc(F)cc1. The highest BCUT2D eigenvalue weighted by atomic mass is 19.1. The third kappa shape index (κ3) is 2.62. The topological polar surface area (TPSA) is 72.9 Å². The van der Waals surface area contributed by atoms with Gasteiger partial charge in [-0.3, -0.25) is 0 Å². The number of nitrogens with zero attached hydrogens (tertiary/aromatic N) is 5. The Kier molecular flexibility index (Phi) is 3.83. The summed E-state index contributed by atoms with van der Waals surface area (Å²) in [6, 6.07) is 6.21. The fourth-order valence-electron chi connectivity index (χ4n) is 1.67. The summed E-state index contributed by atoms with van der Waals surface area (Å²) in [5, 5.41) is 11.4. The Hall–Kier alpha value is -2.02. The average Bonchev–Trinajstić information content (AvgIpc) is 2.78. The fourth-order valence-corrected chi connectivity index (χ4v) is 1.67. The highest BCUT2D eigenvalue weighted by Crippen LogP contribution is 2.22. The first-order valence-corrected chi connectivity index (χ1v) is 5.68. The van der Waals surface area contributed by atoms with Gasteiger partial charge in [-0.2, -0.15) is 0 Å². The van der Waals surface area contributed by atoms with Gasteiger partial charge in [-0.25, -0.2) is 9.07 Å². The summed E-state index contributed by atoms with van der Waals surface area (Å²) >= 11 is 0. The average molecular weight is 250 g/mol. The second-order valence-corrected chi connectivity index (χ2v) is 3.87. The molecule has 0 saturated heterocycles. The van der Waals surface area contributed by atoms with Gasteiger partial charge in [0.05, 0.1) is 0 Å². The first-order valence-electron chi connectivity index (χ1n) is 5.68. The molecule has 1 heterocycles. The zero-order valence-corrected chi connectivity index (χ0v) is 10.1. The molecule has 0 unspecified atom stereocenters. The largest absolute Gasteiger partial charge is 0.330 e. The maximum atomic E-state index is 12.9. The molecule has 96 valence electrons. The second-order valence-electron chi connectivity index (χ2n) is 3.87. The quantitative estimate of drug-likeness (QED) is 0.851. The summed E-state index contributed by atoms with van der Waals surface area (Å²) in [6.07, 6.45) is 0.796. The predicted molar refractivity (Wildman–Crippen MR) is 65.9 cm³/mol. The molecule has 7 heteroatoms. The van der Waals surface area contributed by atoms with E-state index in [-0.39, 0.29) is 5.82 Å². The number of halogens is 1. The van der Waals surface area contributed by atoms with Crippen molar-refractivity contribution in [3.8, 4) is 0 Å². The van der Waals surface area contributed by atoms with Crippen LogP contribution in [0.3, 0.4) is 0 Å². The monoisotopic (exact) mass is 250 g/mol. The zero-order chi connectivity index (χ0) is 13.0. The lowest BCUT2D eigenvalue weighted by atomic mass is 10.2. The van der Waals surface area contributed by atoms with Crippen molar-refractivity contribution in [3.05, 3.63) is 30.1 Å². The molecule has 2 N–H and O–H groups in total. The van der Waals surface area contributed by atoms with Gasteiger partial charge in [-0.15, -0.1) is 0 Å². The van der Waals surface area contributed by atoms with Gasteiger partial charge in [0, 0.05) is 19.3 Å². The van der Waals surface area contributed by atoms with Gasteiger partial charge < -0.3 is 10.6 Å². The van der Waals surface area contributed by atoms with E-state index in [4.69, 9.17) is 5.73 Å². The lowest BCUT2D eigenvalue weighted by molar-refractivity contribution is 0.627. The molecule has 1 aromatic carbocycles. The van der Waals surface area contributed by atoms with Crippen molar-refractivity contribution in [2.24, 2.45) is 12.8 Å². The van der Waals surface area contributed by atoms with Crippen LogP contribution in [0.25, 0.3) is 0 Å². The van der Waals surface area contributed by atoms with E-state index in [1.807, 2.05) is 4.90 Å². The molecule has 0 aliphatic heterocycles. The van der Waals surface area contributed by atoms with Crippen LogP contribution in [-0.4, -0.2) is 33.3 Å². The molecule has 18 heavy (non-hydrogen) atoms. The summed E-state index contributed by atoms with van der Waals surface area (Å²) in [5.41, 5.74) is 6.36. The molecule has 0 atom stereocenters. The number of nitrogens with two attached hydrogens (primary N) is 1. The Morgan fingerprint density at radius 3 is 2.61 bits per heavy atom. The van der Waals surface area contributed by atoms with E-state index in [1.54, 1.807) is 23.9 Å². The minimum Gasteiger partial charge on any atom is -0.330 e. The first kappa shape index (κ1) is 12.4. The molecule has 0 aliphatic rings. The van der Waals surface area contributed by atoms with Gasteiger partial charge in [0.2, 0.25) is 5.95 Å². The van der Waals surface area contributed by atoms with Crippen LogP contribution in [0.4, 0.5) is 16.0 Å². The number of aryl methyl sites for hydroxylation is 1. The fraction of sp³-hybridized carbons (Fsp3) is 0.364. The van der Waals surface area contributed by atoms with Gasteiger partial charge in [-0.05, 0) is 47.7 Å². The standard InChI is InChI=1S/C11H15FN6/c1-17-11(14-15-16-17)18(8-2-7-13)10-5-3-9(12)4-6-10/h3-6H,2,7-8,13H2,1H3. The Bertz CT molecular complexity index is 494. The van der Waals surface area contributed by atoms with Crippen LogP contribution in [0.2, 0.25) is 0 Å². The number of anilines is 2. The number of aromatic nitrogens is 4. The van der Waals surface area contributed by atoms with Crippen LogP contribution in [0.15, 0.2) is 24.3 Å². The van der Waals surface area contributed by atoms with Crippen molar-refractivity contribution in [1.29, 1.82) is 0 Å². The summed E-state index contributed by atoms with van der Waals surface area (Å²) in [7, 11) is 1.76. The number of rotatable bonds is 5. The van der Waals surface area contributed by atoms with Crippen molar-refractivity contribution in [2.75, 3.05) is 18.0 Å². The summed E-state index contributed by atoms with van der Waals surface area (Å²) in [6.45, 7) is 1.25. The molecule has 1 aromatic heterocycles. The molecule has 2 rings (SSSR count). The van der Waals surface area contributed by atoms with Crippen molar-refractivity contribution >= 4 is 11.6 Å². The predicted octanol–water partition coefficient (Wildman–Crippen LogP) is 0.836. The number of benzene rings is 1. The van der Waals surface area contributed by atoms with E-state index in [0.29, 0.717) is 19.0 Å². The Labute approximate surface area is 104 Å². The molecule has 0 spiro atoms. The first-order chi connectivity index (χ1) is 8.72. The van der Waals surface area contributed by atoms with Gasteiger partial charge in [0.25, 0.3) is 0 Å². The van der Waals surface area contributed by atoms with E-state index in [2.05, 4.69) is 15.5 Å².